The van der Waals surface area contributed by atoms with Crippen LogP contribution in [0.4, 0.5) is 0 Å². The van der Waals surface area contributed by atoms with Gasteiger partial charge in [0.2, 0.25) is 0 Å². The van der Waals surface area contributed by atoms with Crippen LogP contribution in [-0.2, 0) is 25.5 Å². The maximum Gasteiger partial charge on any atom is 0.328 e. The van der Waals surface area contributed by atoms with Crippen molar-refractivity contribution in [1.82, 2.24) is 9.88 Å². The summed E-state index contributed by atoms with van der Waals surface area (Å²) in [5.74, 6) is -2.83. The maximum atomic E-state index is 12.7. The van der Waals surface area contributed by atoms with Gasteiger partial charge in [0.1, 0.15) is 18.0 Å². The Morgan fingerprint density at radius 2 is 2.03 bits per heavy atom. The number of thioether (sulfide) groups is 1. The highest BCUT2D eigenvalue weighted by Crippen LogP contribution is 2.53. The molecule has 4 rings (SSSR count). The second-order valence-electron chi connectivity index (χ2n) is 7.75. The lowest BCUT2D eigenvalue weighted by Gasteiger charge is -2.39. The van der Waals surface area contributed by atoms with E-state index in [1.807, 2.05) is 0 Å². The number of phenols is 2. The number of aromatic nitrogens is 1. The van der Waals surface area contributed by atoms with Gasteiger partial charge in [-0.2, -0.15) is 0 Å². The second-order valence-corrected chi connectivity index (χ2v) is 9.37. The molecule has 32 heavy (non-hydrogen) atoms. The lowest BCUT2D eigenvalue weighted by atomic mass is 9.94. The minimum atomic E-state index is -1.17. The Bertz CT molecular complexity index is 1120. The van der Waals surface area contributed by atoms with Gasteiger partial charge in [-0.3, -0.25) is 14.6 Å². The van der Waals surface area contributed by atoms with Crippen molar-refractivity contribution in [2.24, 2.45) is 0 Å². The van der Waals surface area contributed by atoms with E-state index in [1.165, 1.54) is 34.9 Å². The van der Waals surface area contributed by atoms with Crippen LogP contribution in [0.15, 0.2) is 48.2 Å². The molecule has 1 amide bonds. The predicted octanol–water partition coefficient (Wildman–Crippen LogP) is 1.79. The number of carboxylic acids is 1. The van der Waals surface area contributed by atoms with E-state index >= 15 is 0 Å². The summed E-state index contributed by atoms with van der Waals surface area (Å²) in [6, 6.07) is 8.13. The topological polar surface area (TPSA) is 137 Å². The van der Waals surface area contributed by atoms with E-state index in [9.17, 15) is 29.7 Å². The van der Waals surface area contributed by atoms with Crippen LogP contribution in [0.5, 0.6) is 11.5 Å². The van der Waals surface area contributed by atoms with E-state index in [0.717, 1.165) is 0 Å². The van der Waals surface area contributed by atoms with E-state index in [0.29, 0.717) is 16.8 Å². The van der Waals surface area contributed by atoms with Crippen LogP contribution < -0.4 is 0 Å². The number of hydrogen-bond donors (Lipinski definition) is 3. The molecule has 2 aliphatic rings. The zero-order valence-corrected chi connectivity index (χ0v) is 17.8. The van der Waals surface area contributed by atoms with Crippen molar-refractivity contribution in [3.8, 4) is 11.5 Å². The minimum Gasteiger partial charge on any atom is -0.504 e. The number of amides is 1. The molecule has 3 heterocycles. The first-order valence-corrected chi connectivity index (χ1v) is 10.6. The Hall–Kier alpha value is -3.53. The van der Waals surface area contributed by atoms with Crippen molar-refractivity contribution in [2.45, 2.75) is 29.5 Å². The Kier molecular flexibility index (Phi) is 5.55. The first kappa shape index (κ1) is 21.7. The van der Waals surface area contributed by atoms with Gasteiger partial charge in [-0.1, -0.05) is 12.1 Å². The molecule has 0 saturated carbocycles. The Morgan fingerprint density at radius 1 is 1.25 bits per heavy atom. The van der Waals surface area contributed by atoms with Crippen LogP contribution in [0.1, 0.15) is 18.2 Å². The molecule has 2 saturated heterocycles. The van der Waals surface area contributed by atoms with E-state index in [2.05, 4.69) is 4.98 Å². The minimum absolute atomic E-state index is 0.163. The summed E-state index contributed by atoms with van der Waals surface area (Å²) in [4.78, 5) is 42.5. The standard InChI is InChI=1S/C22H20N2O7S/c1-22(11-31-17(27)9-12-5-6-15(25)16(26)8-12)18(21(29)30)24-19(28)14(20(24)32-22)10-13-4-2-3-7-23-13/h2-8,10,18,20,25-26H,9,11H2,1H3,(H,29,30)/b14-10-/t18-,20+,22-/m0/s1. The SMILES string of the molecule is C[C@@]1(COC(=O)Cc2ccc(O)c(O)c2)S[C@@H]2/C(=C\c3ccccn3)C(=O)N2[C@H]1C(=O)O. The third kappa shape index (κ3) is 3.89. The lowest BCUT2D eigenvalue weighted by molar-refractivity contribution is -0.155. The summed E-state index contributed by atoms with van der Waals surface area (Å²) in [6.07, 6.45) is 3.08. The smallest absolute Gasteiger partial charge is 0.328 e. The number of phenolic OH excluding ortho intramolecular Hbond substituents is 2. The van der Waals surface area contributed by atoms with Crippen LogP contribution in [0.3, 0.4) is 0 Å². The van der Waals surface area contributed by atoms with Crippen molar-refractivity contribution in [1.29, 1.82) is 0 Å². The fourth-order valence-corrected chi connectivity index (χ4v) is 5.41. The molecule has 1 aromatic carbocycles. The quantitative estimate of drug-likeness (QED) is 0.257. The molecule has 3 N–H and O–H groups in total. The van der Waals surface area contributed by atoms with Gasteiger partial charge in [0.15, 0.2) is 11.5 Å². The first-order valence-electron chi connectivity index (χ1n) is 9.72. The molecule has 1 aromatic heterocycles. The molecule has 9 nitrogen and oxygen atoms in total. The van der Waals surface area contributed by atoms with Crippen LogP contribution in [0, 0.1) is 0 Å². The molecule has 0 unspecified atom stereocenters. The molecule has 2 fully saturated rings. The highest BCUT2D eigenvalue weighted by Gasteiger charge is 2.63. The highest BCUT2D eigenvalue weighted by molar-refractivity contribution is 8.02. The number of aromatic hydroxyl groups is 2. The van der Waals surface area contributed by atoms with Gasteiger partial charge in [0, 0.05) is 6.20 Å². The Balaban J connectivity index is 1.47. The Labute approximate surface area is 187 Å². The molecule has 10 heteroatoms. The number of carbonyl (C=O) groups excluding carboxylic acids is 2. The molecule has 0 radical (unpaired) electrons. The monoisotopic (exact) mass is 456 g/mol. The molecular weight excluding hydrogens is 436 g/mol. The van der Waals surface area contributed by atoms with Gasteiger partial charge in [-0.15, -0.1) is 11.8 Å². The maximum absolute atomic E-state index is 12.7. The van der Waals surface area contributed by atoms with E-state index in [4.69, 9.17) is 4.74 Å². The van der Waals surface area contributed by atoms with E-state index < -0.39 is 28.1 Å². The second kappa shape index (κ2) is 8.19. The predicted molar refractivity (Wildman–Crippen MR) is 115 cm³/mol. The third-order valence-corrected chi connectivity index (χ3v) is 6.95. The summed E-state index contributed by atoms with van der Waals surface area (Å²) in [5, 5.41) is 28.2. The normalized spacial score (nSPS) is 25.3. The fraction of sp³-hybridized carbons (Fsp3) is 0.273. The molecule has 0 aliphatic carbocycles. The van der Waals surface area contributed by atoms with Crippen molar-refractivity contribution in [3.63, 3.8) is 0 Å². The third-order valence-electron chi connectivity index (χ3n) is 5.37. The van der Waals surface area contributed by atoms with Crippen LogP contribution >= 0.6 is 11.8 Å². The molecular formula is C22H20N2O7S. The van der Waals surface area contributed by atoms with Gasteiger partial charge < -0.3 is 25.0 Å². The number of β-lactam (4-membered cyclic amide) rings is 1. The number of carboxylic acid groups (broad SMARTS) is 1. The number of pyridine rings is 1. The number of aliphatic carboxylic acids is 1. The number of hydrogen-bond acceptors (Lipinski definition) is 8. The molecule has 2 aliphatic heterocycles. The average molecular weight is 456 g/mol. The fourth-order valence-electron chi connectivity index (χ4n) is 3.80. The number of fused-ring (bicyclic) bond motifs is 1. The van der Waals surface area contributed by atoms with Crippen LogP contribution in [-0.4, -0.2) is 65.8 Å². The number of carbonyl (C=O) groups is 3. The van der Waals surface area contributed by atoms with Gasteiger partial charge >= 0.3 is 11.9 Å². The molecule has 0 bridgehead atoms. The van der Waals surface area contributed by atoms with Crippen molar-refractivity contribution < 1.29 is 34.4 Å². The molecule has 3 atom stereocenters. The van der Waals surface area contributed by atoms with Crippen molar-refractivity contribution in [3.05, 3.63) is 59.4 Å². The van der Waals surface area contributed by atoms with Gasteiger partial charge in [0.25, 0.3) is 5.91 Å². The number of nitrogens with zero attached hydrogens (tertiary/aromatic N) is 2. The summed E-state index contributed by atoms with van der Waals surface area (Å²) in [5.41, 5.74) is 1.48. The molecule has 0 spiro atoms. The van der Waals surface area contributed by atoms with Gasteiger partial charge in [0.05, 0.1) is 22.4 Å². The summed E-state index contributed by atoms with van der Waals surface area (Å²) in [7, 11) is 0. The van der Waals surface area contributed by atoms with Gasteiger partial charge in [-0.05, 0) is 42.8 Å². The first-order chi connectivity index (χ1) is 15.2. The zero-order chi connectivity index (χ0) is 23.0. The zero-order valence-electron chi connectivity index (χ0n) is 17.0. The average Bonchev–Trinajstić information content (AvgIpc) is 3.04. The number of ether oxygens (including phenoxy) is 1. The number of benzene rings is 1. The lowest BCUT2D eigenvalue weighted by Crippen LogP contribution is -2.59. The van der Waals surface area contributed by atoms with Crippen LogP contribution in [0.2, 0.25) is 0 Å². The Morgan fingerprint density at radius 3 is 2.69 bits per heavy atom. The summed E-state index contributed by atoms with van der Waals surface area (Å²) in [6.45, 7) is 1.44. The molecule has 166 valence electrons. The van der Waals surface area contributed by atoms with Gasteiger partial charge in [-0.25, -0.2) is 4.79 Å². The number of esters is 1. The van der Waals surface area contributed by atoms with Crippen molar-refractivity contribution >= 4 is 35.7 Å². The molecule has 2 aromatic rings. The summed E-state index contributed by atoms with van der Waals surface area (Å²) >= 11 is 1.26. The highest BCUT2D eigenvalue weighted by atomic mass is 32.2. The van der Waals surface area contributed by atoms with Crippen molar-refractivity contribution in [2.75, 3.05) is 6.61 Å². The largest absolute Gasteiger partial charge is 0.504 e. The van der Waals surface area contributed by atoms with E-state index in [-0.39, 0.29) is 30.4 Å². The van der Waals surface area contributed by atoms with E-state index in [1.54, 1.807) is 37.4 Å². The van der Waals surface area contributed by atoms with Crippen LogP contribution in [0.25, 0.3) is 6.08 Å². The number of rotatable bonds is 6. The summed E-state index contributed by atoms with van der Waals surface area (Å²) < 4.78 is 4.30.